The molecule has 7 nitrogen and oxygen atoms in total. The van der Waals surface area contributed by atoms with Gasteiger partial charge in [0.2, 0.25) is 0 Å². The van der Waals surface area contributed by atoms with E-state index < -0.39 is 6.10 Å². The molecule has 1 aliphatic carbocycles. The summed E-state index contributed by atoms with van der Waals surface area (Å²) in [7, 11) is 1.99. The van der Waals surface area contributed by atoms with Gasteiger partial charge in [-0.2, -0.15) is 0 Å². The van der Waals surface area contributed by atoms with E-state index in [2.05, 4.69) is 25.5 Å². The number of rotatable bonds is 3. The smallest absolute Gasteiger partial charge is 0.332 e. The molecule has 21 heavy (non-hydrogen) atoms. The summed E-state index contributed by atoms with van der Waals surface area (Å²) in [5.74, 6) is 0. The second kappa shape index (κ2) is 5.31. The third-order valence-electron chi connectivity index (χ3n) is 3.73. The van der Waals surface area contributed by atoms with Crippen molar-refractivity contribution in [3.8, 4) is 0 Å². The Morgan fingerprint density at radius 1 is 1.43 bits per heavy atom. The van der Waals surface area contributed by atoms with Crippen molar-refractivity contribution in [1.82, 2.24) is 15.0 Å². The lowest BCUT2D eigenvalue weighted by molar-refractivity contribution is -0.381. The van der Waals surface area contributed by atoms with E-state index in [1.807, 2.05) is 24.7 Å². The van der Waals surface area contributed by atoms with Gasteiger partial charge in [-0.05, 0) is 46.5 Å². The van der Waals surface area contributed by atoms with Crippen LogP contribution in [0.25, 0.3) is 11.0 Å². The van der Waals surface area contributed by atoms with E-state index in [0.717, 1.165) is 27.6 Å². The van der Waals surface area contributed by atoms with Crippen LogP contribution in [0.2, 0.25) is 0 Å². The molecule has 4 N–H and O–H groups in total. The van der Waals surface area contributed by atoms with E-state index in [1.54, 1.807) is 0 Å². The molecule has 1 aliphatic rings. The first-order valence-electron chi connectivity index (χ1n) is 6.58. The Labute approximate surface area is 129 Å². The number of aryl methyl sites for hydroxylation is 1. The highest BCUT2D eigenvalue weighted by molar-refractivity contribution is 9.10. The summed E-state index contributed by atoms with van der Waals surface area (Å²) in [5, 5.41) is 27.5. The lowest BCUT2D eigenvalue weighted by atomic mass is 9.93. The summed E-state index contributed by atoms with van der Waals surface area (Å²) in [5.41, 5.74) is 5.08. The minimum atomic E-state index is -3.02. The van der Waals surface area contributed by atoms with Gasteiger partial charge in [0.1, 0.15) is 10.3 Å². The summed E-state index contributed by atoms with van der Waals surface area (Å²) in [6.07, 6.45) is -1.16. The van der Waals surface area contributed by atoms with E-state index in [9.17, 15) is 0 Å². The SMILES string of the molecule is Cn1c2c(c3ccc(Br)nc31)CC(ONC(O)(O)O)CC2. The Morgan fingerprint density at radius 2 is 2.19 bits per heavy atom. The van der Waals surface area contributed by atoms with Crippen LogP contribution in [0.4, 0.5) is 0 Å². The average molecular weight is 358 g/mol. The molecule has 0 aliphatic heterocycles. The quantitative estimate of drug-likeness (QED) is 0.358. The fourth-order valence-electron chi connectivity index (χ4n) is 2.84. The molecule has 8 heteroatoms. The molecule has 1 unspecified atom stereocenters. The first-order valence-corrected chi connectivity index (χ1v) is 7.37. The zero-order chi connectivity index (χ0) is 15.2. The number of aliphatic hydroxyl groups is 3. The van der Waals surface area contributed by atoms with Crippen molar-refractivity contribution in [3.63, 3.8) is 0 Å². The number of hydrogen-bond acceptors (Lipinski definition) is 6. The van der Waals surface area contributed by atoms with Gasteiger partial charge in [-0.3, -0.25) is 4.84 Å². The van der Waals surface area contributed by atoms with Gasteiger partial charge in [-0.1, -0.05) is 0 Å². The summed E-state index contributed by atoms with van der Waals surface area (Å²) >= 11 is 3.38. The molecule has 0 saturated heterocycles. The second-order valence-electron chi connectivity index (χ2n) is 5.21. The number of halogens is 1. The zero-order valence-electron chi connectivity index (χ0n) is 11.4. The van der Waals surface area contributed by atoms with Crippen LogP contribution in [0.5, 0.6) is 0 Å². The maximum atomic E-state index is 8.81. The number of hydrogen-bond donors (Lipinski definition) is 4. The first kappa shape index (κ1) is 14.9. The van der Waals surface area contributed by atoms with E-state index in [0.29, 0.717) is 12.8 Å². The Hall–Kier alpha value is -1.03. The molecule has 114 valence electrons. The van der Waals surface area contributed by atoms with Gasteiger partial charge in [0.05, 0.1) is 6.10 Å². The predicted molar refractivity (Wildman–Crippen MR) is 77.8 cm³/mol. The van der Waals surface area contributed by atoms with Crippen LogP contribution < -0.4 is 5.48 Å². The molecule has 1 atom stereocenters. The highest BCUT2D eigenvalue weighted by Crippen LogP contribution is 2.32. The van der Waals surface area contributed by atoms with Gasteiger partial charge in [0.15, 0.2) is 0 Å². The van der Waals surface area contributed by atoms with Gasteiger partial charge < -0.3 is 19.9 Å². The van der Waals surface area contributed by atoms with Gasteiger partial charge in [0.25, 0.3) is 0 Å². The fraction of sp³-hybridized carbons (Fsp3) is 0.462. The monoisotopic (exact) mass is 357 g/mol. The highest BCUT2D eigenvalue weighted by Gasteiger charge is 2.28. The maximum absolute atomic E-state index is 8.81. The van der Waals surface area contributed by atoms with Crippen molar-refractivity contribution in [2.24, 2.45) is 7.05 Å². The van der Waals surface area contributed by atoms with E-state index >= 15 is 0 Å². The van der Waals surface area contributed by atoms with Crippen molar-refractivity contribution in [3.05, 3.63) is 28.0 Å². The third-order valence-corrected chi connectivity index (χ3v) is 4.18. The fourth-order valence-corrected chi connectivity index (χ4v) is 3.14. The van der Waals surface area contributed by atoms with Crippen LogP contribution in [0.15, 0.2) is 16.7 Å². The van der Waals surface area contributed by atoms with Crippen LogP contribution in [0.1, 0.15) is 17.7 Å². The molecule has 0 radical (unpaired) electrons. The number of hydroxylamine groups is 1. The Bertz CT molecular complexity index is 680. The van der Waals surface area contributed by atoms with E-state index in [-0.39, 0.29) is 6.10 Å². The van der Waals surface area contributed by atoms with Crippen molar-refractivity contribution in [2.75, 3.05) is 0 Å². The molecule has 2 heterocycles. The number of pyridine rings is 1. The molecule has 2 aromatic rings. The van der Waals surface area contributed by atoms with Crippen LogP contribution in [-0.2, 0) is 24.7 Å². The van der Waals surface area contributed by atoms with Crippen LogP contribution in [0, 0.1) is 0 Å². The molecule has 0 aromatic carbocycles. The summed E-state index contributed by atoms with van der Waals surface area (Å²) in [4.78, 5) is 9.64. The number of fused-ring (bicyclic) bond motifs is 3. The van der Waals surface area contributed by atoms with Gasteiger partial charge in [0, 0.05) is 24.5 Å². The van der Waals surface area contributed by atoms with Gasteiger partial charge in [-0.15, -0.1) is 5.48 Å². The molecular formula is C13H16BrN3O4. The Balaban J connectivity index is 1.89. The van der Waals surface area contributed by atoms with Crippen LogP contribution in [0.3, 0.4) is 0 Å². The third kappa shape index (κ3) is 2.96. The van der Waals surface area contributed by atoms with Crippen LogP contribution >= 0.6 is 15.9 Å². The largest absolute Gasteiger partial charge is 0.365 e. The second-order valence-corrected chi connectivity index (χ2v) is 6.02. The lowest BCUT2D eigenvalue weighted by Gasteiger charge is -2.25. The molecule has 0 saturated carbocycles. The van der Waals surface area contributed by atoms with Gasteiger partial charge >= 0.3 is 6.10 Å². The molecule has 0 amide bonds. The van der Waals surface area contributed by atoms with Crippen molar-refractivity contribution in [2.45, 2.75) is 31.5 Å². The first-order chi connectivity index (χ1) is 9.85. The molecule has 3 rings (SSSR count). The summed E-state index contributed by atoms with van der Waals surface area (Å²) < 4.78 is 2.86. The van der Waals surface area contributed by atoms with Crippen molar-refractivity contribution in [1.29, 1.82) is 0 Å². The number of aromatic nitrogens is 2. The normalized spacial score (nSPS) is 19.0. The van der Waals surface area contributed by atoms with E-state index in [1.165, 1.54) is 5.69 Å². The van der Waals surface area contributed by atoms with E-state index in [4.69, 9.17) is 20.2 Å². The molecule has 2 aromatic heterocycles. The zero-order valence-corrected chi connectivity index (χ0v) is 13.0. The molecule has 0 bridgehead atoms. The minimum absolute atomic E-state index is 0.252. The minimum Gasteiger partial charge on any atom is -0.332 e. The Morgan fingerprint density at radius 3 is 2.90 bits per heavy atom. The molecule has 0 spiro atoms. The summed E-state index contributed by atoms with van der Waals surface area (Å²) in [6, 6.07) is 3.90. The topological polar surface area (TPSA) is 99.8 Å². The standard InChI is InChI=1S/C13H16BrN3O4/c1-17-10-4-2-7(21-16-13(18,19)20)6-9(10)8-3-5-11(14)15-12(8)17/h3,5,7,16,18-20H,2,4,6H2,1H3. The van der Waals surface area contributed by atoms with Crippen LogP contribution in [-0.4, -0.2) is 37.1 Å². The van der Waals surface area contributed by atoms with Crippen molar-refractivity contribution >= 4 is 27.0 Å². The lowest BCUT2D eigenvalue weighted by Crippen LogP contribution is -2.47. The van der Waals surface area contributed by atoms with Gasteiger partial charge in [-0.25, -0.2) is 4.98 Å². The predicted octanol–water partition coefficient (Wildman–Crippen LogP) is 0.302. The maximum Gasteiger partial charge on any atom is 0.365 e. The Kier molecular flexibility index (Phi) is 3.76. The molecule has 0 fully saturated rings. The summed E-state index contributed by atoms with van der Waals surface area (Å²) in [6.45, 7) is 0. The average Bonchev–Trinajstić information content (AvgIpc) is 2.69. The number of nitrogens with zero attached hydrogens (tertiary/aromatic N) is 2. The number of nitrogens with one attached hydrogen (secondary N) is 1. The van der Waals surface area contributed by atoms with Crippen molar-refractivity contribution < 1.29 is 20.2 Å². The highest BCUT2D eigenvalue weighted by atomic mass is 79.9. The molecular weight excluding hydrogens is 342 g/mol.